The second-order valence-electron chi connectivity index (χ2n) is 5.21. The van der Waals surface area contributed by atoms with Gasteiger partial charge in [-0.1, -0.05) is 0 Å². The zero-order chi connectivity index (χ0) is 19.3. The van der Waals surface area contributed by atoms with Crippen molar-refractivity contribution < 1.29 is 39.1 Å². The van der Waals surface area contributed by atoms with E-state index in [0.717, 1.165) is 0 Å². The molecule has 0 spiro atoms. The molecule has 0 aromatic heterocycles. The second-order valence-corrected chi connectivity index (χ2v) is 5.21. The van der Waals surface area contributed by atoms with Crippen molar-refractivity contribution in [1.82, 2.24) is 0 Å². The topological polar surface area (TPSA) is 123 Å². The van der Waals surface area contributed by atoms with Crippen LogP contribution in [-0.2, 0) is 0 Å². The summed E-state index contributed by atoms with van der Waals surface area (Å²) in [7, 11) is 2.67. The Balaban J connectivity index is 2.29. The van der Waals surface area contributed by atoms with Crippen molar-refractivity contribution in [3.8, 4) is 23.0 Å². The van der Waals surface area contributed by atoms with Crippen LogP contribution in [0.5, 0.6) is 23.0 Å². The van der Waals surface area contributed by atoms with Crippen molar-refractivity contribution in [1.29, 1.82) is 0 Å². The average Bonchev–Trinajstić information content (AvgIpc) is 2.65. The van der Waals surface area contributed by atoms with Crippen LogP contribution in [0.4, 0.5) is 0 Å². The molecule has 2 aromatic carbocycles. The molecule has 138 valence electrons. The Hall–Kier alpha value is -3.26. The van der Waals surface area contributed by atoms with Crippen LogP contribution in [0.25, 0.3) is 0 Å². The second kappa shape index (κ2) is 8.21. The Morgan fingerprint density at radius 2 is 1.58 bits per heavy atom. The van der Waals surface area contributed by atoms with Gasteiger partial charge in [0, 0.05) is 5.56 Å². The molecule has 2 aromatic rings. The van der Waals surface area contributed by atoms with Crippen molar-refractivity contribution >= 4 is 11.8 Å². The molecule has 8 heteroatoms. The summed E-state index contributed by atoms with van der Waals surface area (Å²) in [5.74, 6) is -1.49. The SMILES string of the molecule is COc1cc(C(=O)[C@H](CO)Oc2ccc(C(=O)O)cc2OC)ccc1O. The molecular weight excluding hydrogens is 344 g/mol. The van der Waals surface area contributed by atoms with Crippen LogP contribution in [0, 0.1) is 0 Å². The first-order valence-corrected chi connectivity index (χ1v) is 7.51. The lowest BCUT2D eigenvalue weighted by Crippen LogP contribution is -2.31. The van der Waals surface area contributed by atoms with Gasteiger partial charge in [-0.15, -0.1) is 0 Å². The largest absolute Gasteiger partial charge is 0.504 e. The van der Waals surface area contributed by atoms with Crippen LogP contribution in [-0.4, -0.2) is 54.0 Å². The Morgan fingerprint density at radius 3 is 2.15 bits per heavy atom. The maximum absolute atomic E-state index is 12.6. The van der Waals surface area contributed by atoms with E-state index in [0.29, 0.717) is 0 Å². The molecule has 3 N–H and O–H groups in total. The van der Waals surface area contributed by atoms with Gasteiger partial charge in [0.05, 0.1) is 26.4 Å². The summed E-state index contributed by atoms with van der Waals surface area (Å²) in [5, 5.41) is 28.2. The normalized spacial score (nSPS) is 11.5. The molecule has 0 saturated heterocycles. The molecule has 8 nitrogen and oxygen atoms in total. The van der Waals surface area contributed by atoms with E-state index < -0.39 is 24.5 Å². The lowest BCUT2D eigenvalue weighted by atomic mass is 10.1. The number of phenols is 1. The molecule has 0 saturated carbocycles. The number of phenolic OH excluding ortho intramolecular Hbond substituents is 1. The summed E-state index contributed by atoms with van der Waals surface area (Å²) in [5.41, 5.74) is 0.157. The van der Waals surface area contributed by atoms with Crippen molar-refractivity contribution in [2.45, 2.75) is 6.10 Å². The molecule has 2 rings (SSSR count). The lowest BCUT2D eigenvalue weighted by molar-refractivity contribution is 0.0646. The molecule has 0 amide bonds. The number of aromatic carboxylic acids is 1. The zero-order valence-electron chi connectivity index (χ0n) is 14.1. The Labute approximate surface area is 149 Å². The van der Waals surface area contributed by atoms with E-state index in [1.807, 2.05) is 0 Å². The van der Waals surface area contributed by atoms with E-state index in [2.05, 4.69) is 0 Å². The van der Waals surface area contributed by atoms with Crippen molar-refractivity contribution in [2.75, 3.05) is 20.8 Å². The third-order valence-electron chi connectivity index (χ3n) is 3.60. The predicted octanol–water partition coefficient (Wildman–Crippen LogP) is 1.73. The summed E-state index contributed by atoms with van der Waals surface area (Å²) < 4.78 is 15.6. The summed E-state index contributed by atoms with van der Waals surface area (Å²) in [6.45, 7) is -0.619. The molecule has 0 heterocycles. The molecule has 0 bridgehead atoms. The smallest absolute Gasteiger partial charge is 0.335 e. The van der Waals surface area contributed by atoms with Crippen molar-refractivity contribution in [3.63, 3.8) is 0 Å². The number of hydrogen-bond donors (Lipinski definition) is 3. The summed E-state index contributed by atoms with van der Waals surface area (Å²) >= 11 is 0. The summed E-state index contributed by atoms with van der Waals surface area (Å²) in [6.07, 6.45) is -1.26. The highest BCUT2D eigenvalue weighted by Crippen LogP contribution is 2.31. The van der Waals surface area contributed by atoms with Gasteiger partial charge >= 0.3 is 5.97 Å². The number of Topliss-reactive ketones (excluding diaryl/α,β-unsaturated/α-hetero) is 1. The third kappa shape index (κ3) is 4.04. The molecule has 26 heavy (non-hydrogen) atoms. The fourth-order valence-electron chi connectivity index (χ4n) is 2.24. The zero-order valence-corrected chi connectivity index (χ0v) is 14.1. The van der Waals surface area contributed by atoms with E-state index in [-0.39, 0.29) is 34.1 Å². The number of benzene rings is 2. The highest BCUT2D eigenvalue weighted by molar-refractivity contribution is 6.00. The number of aliphatic hydroxyl groups is 1. The minimum absolute atomic E-state index is 0.00986. The van der Waals surface area contributed by atoms with Crippen LogP contribution >= 0.6 is 0 Å². The molecule has 0 unspecified atom stereocenters. The van der Waals surface area contributed by atoms with Gasteiger partial charge in [-0.05, 0) is 36.4 Å². The number of carbonyl (C=O) groups excluding carboxylic acids is 1. The Kier molecular flexibility index (Phi) is 6.03. The molecule has 1 atom stereocenters. The number of methoxy groups -OCH3 is 2. The van der Waals surface area contributed by atoms with Gasteiger partial charge in [0.1, 0.15) is 0 Å². The third-order valence-corrected chi connectivity index (χ3v) is 3.60. The highest BCUT2D eigenvalue weighted by atomic mass is 16.5. The minimum Gasteiger partial charge on any atom is -0.504 e. The lowest BCUT2D eigenvalue weighted by Gasteiger charge is -2.18. The van der Waals surface area contributed by atoms with Crippen LogP contribution in [0.15, 0.2) is 36.4 Å². The highest BCUT2D eigenvalue weighted by Gasteiger charge is 2.24. The molecule has 0 aliphatic rings. The number of carboxylic acids is 1. The van der Waals surface area contributed by atoms with Gasteiger partial charge in [0.15, 0.2) is 29.1 Å². The fraction of sp³-hybridized carbons (Fsp3) is 0.222. The van der Waals surface area contributed by atoms with Crippen molar-refractivity contribution in [2.24, 2.45) is 0 Å². The monoisotopic (exact) mass is 362 g/mol. The van der Waals surface area contributed by atoms with Crippen LogP contribution in [0.1, 0.15) is 20.7 Å². The number of hydrogen-bond acceptors (Lipinski definition) is 7. The molecule has 0 fully saturated rings. The molecule has 0 radical (unpaired) electrons. The van der Waals surface area contributed by atoms with Gasteiger partial charge in [-0.25, -0.2) is 4.79 Å². The van der Waals surface area contributed by atoms with Gasteiger partial charge in [-0.2, -0.15) is 0 Å². The minimum atomic E-state index is -1.26. The number of carbonyl (C=O) groups is 2. The predicted molar refractivity (Wildman–Crippen MR) is 90.4 cm³/mol. The standard InChI is InChI=1S/C18H18O8/c1-24-14-7-10(3-5-12(14)20)17(21)16(9-19)26-13-6-4-11(18(22)23)8-15(13)25-2/h3-8,16,19-20H,9H2,1-2H3,(H,22,23)/t16-/m0/s1. The van der Waals surface area contributed by atoms with E-state index in [9.17, 15) is 19.8 Å². The summed E-state index contributed by atoms with van der Waals surface area (Å²) in [4.78, 5) is 23.6. The Morgan fingerprint density at radius 1 is 0.962 bits per heavy atom. The number of aromatic hydroxyl groups is 1. The van der Waals surface area contributed by atoms with E-state index in [1.165, 1.54) is 50.6 Å². The van der Waals surface area contributed by atoms with E-state index in [4.69, 9.17) is 19.3 Å². The fourth-order valence-corrected chi connectivity index (χ4v) is 2.24. The van der Waals surface area contributed by atoms with Gasteiger partial charge in [0.25, 0.3) is 0 Å². The number of rotatable bonds is 8. The number of carboxylic acid groups (broad SMARTS) is 1. The number of aliphatic hydroxyl groups excluding tert-OH is 1. The average molecular weight is 362 g/mol. The summed E-state index contributed by atoms with van der Waals surface area (Å²) in [6, 6.07) is 7.88. The van der Waals surface area contributed by atoms with Crippen LogP contribution < -0.4 is 14.2 Å². The van der Waals surface area contributed by atoms with Gasteiger partial charge in [-0.3, -0.25) is 4.79 Å². The van der Waals surface area contributed by atoms with Crippen LogP contribution in [0.2, 0.25) is 0 Å². The number of ether oxygens (including phenoxy) is 3. The van der Waals surface area contributed by atoms with E-state index >= 15 is 0 Å². The van der Waals surface area contributed by atoms with Gasteiger partial charge in [0.2, 0.25) is 5.78 Å². The first kappa shape index (κ1) is 19.1. The van der Waals surface area contributed by atoms with Crippen molar-refractivity contribution in [3.05, 3.63) is 47.5 Å². The molecular formula is C18H18O8. The van der Waals surface area contributed by atoms with E-state index in [1.54, 1.807) is 0 Å². The maximum atomic E-state index is 12.6. The molecule has 0 aliphatic carbocycles. The van der Waals surface area contributed by atoms with Gasteiger partial charge < -0.3 is 29.5 Å². The number of ketones is 1. The quantitative estimate of drug-likeness (QED) is 0.607. The molecule has 0 aliphatic heterocycles. The van der Waals surface area contributed by atoms with Crippen LogP contribution in [0.3, 0.4) is 0 Å². The first-order valence-electron chi connectivity index (χ1n) is 7.51. The first-order chi connectivity index (χ1) is 12.4. The Bertz CT molecular complexity index is 815. The maximum Gasteiger partial charge on any atom is 0.335 e.